The lowest BCUT2D eigenvalue weighted by Crippen LogP contribution is -2.02. The third kappa shape index (κ3) is 32.2. The van der Waals surface area contributed by atoms with Crippen molar-refractivity contribution in [2.45, 2.75) is 227 Å². The number of rotatable bonds is 33. The van der Waals surface area contributed by atoms with Crippen molar-refractivity contribution >= 4 is 0 Å². The first kappa shape index (κ1) is 40.5. The van der Waals surface area contributed by atoms with Crippen molar-refractivity contribution in [3.63, 3.8) is 0 Å². The number of nitrogens with zero attached hydrogens (tertiary/aromatic N) is 1. The standard InChI is InChI=1S/C40H79N/c1-6-7-8-19-22-28-37(2)30-25-32-39(4)34-27-35-40(5)33-26-31-38(3)29-23-20-17-15-13-11-9-10-12-14-16-18-21-24-36-41/h37-40H,6-35H2,1-5H3. The Morgan fingerprint density at radius 3 is 0.878 bits per heavy atom. The molecule has 0 aromatic heterocycles. The van der Waals surface area contributed by atoms with Crippen LogP contribution in [-0.4, -0.2) is 0 Å². The van der Waals surface area contributed by atoms with Gasteiger partial charge in [0.15, 0.2) is 0 Å². The normalized spacial score (nSPS) is 14.5. The maximum absolute atomic E-state index is 8.56. The first-order valence-electron chi connectivity index (χ1n) is 19.4. The zero-order valence-electron chi connectivity index (χ0n) is 29.5. The number of hydrogen-bond acceptors (Lipinski definition) is 1. The molecule has 1 nitrogen and oxygen atoms in total. The summed E-state index contributed by atoms with van der Waals surface area (Å²) in [5.41, 5.74) is 0. The first-order chi connectivity index (χ1) is 20.0. The molecule has 0 rings (SSSR count). The lowest BCUT2D eigenvalue weighted by Gasteiger charge is -2.17. The van der Waals surface area contributed by atoms with Crippen molar-refractivity contribution in [1.29, 1.82) is 5.26 Å². The molecule has 41 heavy (non-hydrogen) atoms. The Hall–Kier alpha value is -0.510. The fraction of sp³-hybridized carbons (Fsp3) is 0.975. The maximum Gasteiger partial charge on any atom is 0.0621 e. The second-order valence-electron chi connectivity index (χ2n) is 14.7. The topological polar surface area (TPSA) is 23.8 Å². The first-order valence-corrected chi connectivity index (χ1v) is 19.4. The van der Waals surface area contributed by atoms with E-state index in [0.29, 0.717) is 0 Å². The minimum atomic E-state index is 0.747. The minimum Gasteiger partial charge on any atom is -0.198 e. The largest absolute Gasteiger partial charge is 0.198 e. The molecule has 0 N–H and O–H groups in total. The molecule has 4 unspecified atom stereocenters. The van der Waals surface area contributed by atoms with Crippen molar-refractivity contribution in [1.82, 2.24) is 0 Å². The van der Waals surface area contributed by atoms with E-state index in [0.717, 1.165) is 36.5 Å². The molecule has 0 spiro atoms. The SMILES string of the molecule is CCCCCCCC(C)CCCC(C)CCCC(C)CCCC(C)CCCCCCCCCCCCCCCC#N. The van der Waals surface area contributed by atoms with Crippen molar-refractivity contribution in [2.24, 2.45) is 23.7 Å². The highest BCUT2D eigenvalue weighted by Crippen LogP contribution is 2.24. The molecule has 0 radical (unpaired) electrons. The molecule has 0 aromatic carbocycles. The highest BCUT2D eigenvalue weighted by atomic mass is 14.2. The van der Waals surface area contributed by atoms with Crippen molar-refractivity contribution in [3.05, 3.63) is 0 Å². The van der Waals surface area contributed by atoms with Gasteiger partial charge in [-0.2, -0.15) is 5.26 Å². The Labute approximate surface area is 261 Å². The third-order valence-corrected chi connectivity index (χ3v) is 9.97. The molecule has 0 aliphatic rings. The fourth-order valence-corrected chi connectivity index (χ4v) is 6.76. The average Bonchev–Trinajstić information content (AvgIpc) is 2.95. The summed E-state index contributed by atoms with van der Waals surface area (Å²) in [6.45, 7) is 12.3. The third-order valence-electron chi connectivity index (χ3n) is 9.97. The van der Waals surface area contributed by atoms with Crippen molar-refractivity contribution in [2.75, 3.05) is 0 Å². The van der Waals surface area contributed by atoms with Gasteiger partial charge in [0.1, 0.15) is 0 Å². The van der Waals surface area contributed by atoms with Crippen LogP contribution in [0.1, 0.15) is 227 Å². The molecular weight excluding hydrogens is 494 g/mol. The molecule has 244 valence electrons. The van der Waals surface area contributed by atoms with Gasteiger partial charge in [-0.3, -0.25) is 0 Å². The van der Waals surface area contributed by atoms with E-state index >= 15 is 0 Å². The van der Waals surface area contributed by atoms with Crippen LogP contribution in [0.15, 0.2) is 0 Å². The highest BCUT2D eigenvalue weighted by molar-refractivity contribution is 4.67. The van der Waals surface area contributed by atoms with Gasteiger partial charge in [0.25, 0.3) is 0 Å². The van der Waals surface area contributed by atoms with Gasteiger partial charge < -0.3 is 0 Å². The van der Waals surface area contributed by atoms with Crippen LogP contribution in [-0.2, 0) is 0 Å². The number of nitriles is 1. The lowest BCUT2D eigenvalue weighted by molar-refractivity contribution is 0.365. The summed E-state index contributed by atoms with van der Waals surface area (Å²) in [5, 5.41) is 8.56. The van der Waals surface area contributed by atoms with Gasteiger partial charge in [-0.15, -0.1) is 0 Å². The Morgan fingerprint density at radius 2 is 0.585 bits per heavy atom. The molecule has 0 fully saturated rings. The summed E-state index contributed by atoms with van der Waals surface area (Å²) in [5.74, 6) is 3.73. The monoisotopic (exact) mass is 574 g/mol. The van der Waals surface area contributed by atoms with Crippen LogP contribution in [0.3, 0.4) is 0 Å². The van der Waals surface area contributed by atoms with Gasteiger partial charge >= 0.3 is 0 Å². The summed E-state index contributed by atoms with van der Waals surface area (Å²) in [6.07, 6.45) is 42.0. The van der Waals surface area contributed by atoms with E-state index in [2.05, 4.69) is 40.7 Å². The molecule has 0 saturated carbocycles. The van der Waals surface area contributed by atoms with E-state index < -0.39 is 0 Å². The van der Waals surface area contributed by atoms with Crippen LogP contribution < -0.4 is 0 Å². The molecule has 0 aliphatic carbocycles. The number of unbranched alkanes of at least 4 members (excludes halogenated alkanes) is 17. The van der Waals surface area contributed by atoms with E-state index in [4.69, 9.17) is 5.26 Å². The Kier molecular flexibility index (Phi) is 32.0. The zero-order chi connectivity index (χ0) is 30.2. The molecule has 0 amide bonds. The highest BCUT2D eigenvalue weighted by Gasteiger charge is 2.09. The van der Waals surface area contributed by atoms with Gasteiger partial charge in [0, 0.05) is 6.42 Å². The molecule has 0 saturated heterocycles. The van der Waals surface area contributed by atoms with Crippen LogP contribution in [0, 0.1) is 35.0 Å². The summed E-state index contributed by atoms with van der Waals surface area (Å²) in [6, 6.07) is 2.25. The minimum absolute atomic E-state index is 0.747. The van der Waals surface area contributed by atoms with Crippen LogP contribution >= 0.6 is 0 Å². The predicted octanol–water partition coefficient (Wildman–Crippen LogP) is 14.8. The fourth-order valence-electron chi connectivity index (χ4n) is 6.76. The summed E-state index contributed by atoms with van der Waals surface area (Å²) in [4.78, 5) is 0. The van der Waals surface area contributed by atoms with Gasteiger partial charge in [0.05, 0.1) is 6.07 Å². The van der Waals surface area contributed by atoms with Crippen LogP contribution in [0.2, 0.25) is 0 Å². The lowest BCUT2D eigenvalue weighted by atomic mass is 9.89. The second kappa shape index (κ2) is 32.4. The molecule has 0 heterocycles. The number of hydrogen-bond donors (Lipinski definition) is 0. The van der Waals surface area contributed by atoms with Gasteiger partial charge in [-0.05, 0) is 30.1 Å². The van der Waals surface area contributed by atoms with E-state index in [9.17, 15) is 0 Å². The Morgan fingerprint density at radius 1 is 0.341 bits per heavy atom. The second-order valence-corrected chi connectivity index (χ2v) is 14.7. The van der Waals surface area contributed by atoms with E-state index in [1.807, 2.05) is 0 Å². The van der Waals surface area contributed by atoms with Gasteiger partial charge in [-0.1, -0.05) is 214 Å². The summed E-state index contributed by atoms with van der Waals surface area (Å²) >= 11 is 0. The molecule has 0 bridgehead atoms. The van der Waals surface area contributed by atoms with E-state index in [1.54, 1.807) is 0 Å². The van der Waals surface area contributed by atoms with E-state index in [1.165, 1.54) is 180 Å². The smallest absolute Gasteiger partial charge is 0.0621 e. The van der Waals surface area contributed by atoms with Gasteiger partial charge in [-0.25, -0.2) is 0 Å². The summed E-state index contributed by atoms with van der Waals surface area (Å²) in [7, 11) is 0. The molecule has 4 atom stereocenters. The van der Waals surface area contributed by atoms with Crippen molar-refractivity contribution in [3.8, 4) is 6.07 Å². The molecule has 0 aliphatic heterocycles. The molecule has 1 heteroatoms. The average molecular weight is 574 g/mol. The van der Waals surface area contributed by atoms with Gasteiger partial charge in [0.2, 0.25) is 0 Å². The quantitative estimate of drug-likeness (QED) is 0.0716. The van der Waals surface area contributed by atoms with E-state index in [-0.39, 0.29) is 0 Å². The predicted molar refractivity (Wildman–Crippen MR) is 186 cm³/mol. The Bertz CT molecular complexity index is 533. The molecule has 0 aromatic rings. The van der Waals surface area contributed by atoms with Crippen LogP contribution in [0.25, 0.3) is 0 Å². The van der Waals surface area contributed by atoms with Crippen molar-refractivity contribution < 1.29 is 0 Å². The zero-order valence-corrected chi connectivity index (χ0v) is 29.5. The van der Waals surface area contributed by atoms with Crippen LogP contribution in [0.5, 0.6) is 0 Å². The Balaban J connectivity index is 3.43. The molecular formula is C40H79N. The maximum atomic E-state index is 8.56. The van der Waals surface area contributed by atoms with Crippen LogP contribution in [0.4, 0.5) is 0 Å². The summed E-state index contributed by atoms with van der Waals surface area (Å²) < 4.78 is 0.